The summed E-state index contributed by atoms with van der Waals surface area (Å²) in [7, 11) is 0. The van der Waals surface area contributed by atoms with Gasteiger partial charge in [-0.1, -0.05) is 80.1 Å². The summed E-state index contributed by atoms with van der Waals surface area (Å²) < 4.78 is 0. The molecule has 5 aromatic rings. The molecule has 0 aliphatic carbocycles. The average Bonchev–Trinajstić information content (AvgIpc) is 2.94. The molecule has 1 heterocycles. The molecule has 4 nitrogen and oxygen atoms in total. The Morgan fingerprint density at radius 3 is 2.19 bits per heavy atom. The van der Waals surface area contributed by atoms with Gasteiger partial charge in [0.1, 0.15) is 0 Å². The Hall–Kier alpha value is -3.89. The Morgan fingerprint density at radius 1 is 0.838 bits per heavy atom. The predicted molar refractivity (Wildman–Crippen MR) is 157 cm³/mol. The van der Waals surface area contributed by atoms with E-state index < -0.39 is 0 Å². The van der Waals surface area contributed by atoms with Crippen molar-refractivity contribution in [2.75, 3.05) is 31.1 Å². The van der Waals surface area contributed by atoms with Gasteiger partial charge in [0.25, 0.3) is 5.91 Å². The van der Waals surface area contributed by atoms with Gasteiger partial charge in [0.05, 0.1) is 11.3 Å². The van der Waals surface area contributed by atoms with Crippen molar-refractivity contribution < 1.29 is 4.79 Å². The number of amides is 1. The van der Waals surface area contributed by atoms with Gasteiger partial charge in [-0.05, 0) is 68.4 Å². The highest BCUT2D eigenvalue weighted by Gasteiger charge is 2.28. The second-order valence-electron chi connectivity index (χ2n) is 10.1. The average molecular weight is 488 g/mol. The first kappa shape index (κ1) is 23.5. The zero-order chi connectivity index (χ0) is 25.4. The molecule has 186 valence electrons. The molecule has 0 atom stereocenters. The van der Waals surface area contributed by atoms with Crippen LogP contribution in [0.2, 0.25) is 0 Å². The standard InChI is InChI=1S/C33H33N3O/c1-2-3-13-27-28-20-23-10-4-5-11-24(23)21-29(28)30(26-15-8-12-22-9-6-7-14-25(22)26)32(31(27)33(34)37)36-18-16-35-17-19-36/h4-12,14-15,20-21,35H,2-3,13,16-19H2,1H3,(H2,34,37). The predicted octanol–water partition coefficient (Wildman–Crippen LogP) is 6.66. The van der Waals surface area contributed by atoms with Gasteiger partial charge in [-0.2, -0.15) is 0 Å². The number of carbonyl (C=O) groups excluding carboxylic acids is 1. The largest absolute Gasteiger partial charge is 0.368 e. The van der Waals surface area contributed by atoms with Crippen molar-refractivity contribution >= 4 is 43.9 Å². The first-order chi connectivity index (χ1) is 18.2. The number of rotatable bonds is 6. The zero-order valence-corrected chi connectivity index (χ0v) is 21.4. The van der Waals surface area contributed by atoms with Crippen LogP contribution in [0, 0.1) is 0 Å². The van der Waals surface area contributed by atoms with E-state index in [0.29, 0.717) is 5.56 Å². The zero-order valence-electron chi connectivity index (χ0n) is 21.4. The van der Waals surface area contributed by atoms with Crippen LogP contribution < -0.4 is 16.0 Å². The summed E-state index contributed by atoms with van der Waals surface area (Å²) in [5.74, 6) is -0.337. The molecule has 0 unspecified atom stereocenters. The molecule has 0 saturated carbocycles. The van der Waals surface area contributed by atoms with Crippen molar-refractivity contribution in [1.29, 1.82) is 0 Å². The van der Waals surface area contributed by atoms with Gasteiger partial charge in [0.15, 0.2) is 0 Å². The smallest absolute Gasteiger partial charge is 0.251 e. The minimum atomic E-state index is -0.337. The fourth-order valence-electron chi connectivity index (χ4n) is 6.03. The van der Waals surface area contributed by atoms with E-state index in [4.69, 9.17) is 5.73 Å². The number of fused-ring (bicyclic) bond motifs is 3. The first-order valence-electron chi connectivity index (χ1n) is 13.4. The lowest BCUT2D eigenvalue weighted by atomic mass is 9.83. The van der Waals surface area contributed by atoms with Crippen LogP contribution in [-0.2, 0) is 6.42 Å². The van der Waals surface area contributed by atoms with Crippen LogP contribution in [0.5, 0.6) is 0 Å². The normalized spacial score (nSPS) is 14.0. The van der Waals surface area contributed by atoms with Gasteiger partial charge >= 0.3 is 0 Å². The summed E-state index contributed by atoms with van der Waals surface area (Å²) in [6, 6.07) is 28.1. The Labute approximate surface area is 218 Å². The van der Waals surface area contributed by atoms with E-state index in [-0.39, 0.29) is 5.91 Å². The van der Waals surface area contributed by atoms with Crippen molar-refractivity contribution in [1.82, 2.24) is 5.32 Å². The maximum absolute atomic E-state index is 13.4. The fourth-order valence-corrected chi connectivity index (χ4v) is 6.03. The molecule has 4 heteroatoms. The molecular formula is C33H33N3O. The van der Waals surface area contributed by atoms with E-state index in [0.717, 1.165) is 73.2 Å². The minimum absolute atomic E-state index is 0.337. The summed E-state index contributed by atoms with van der Waals surface area (Å²) >= 11 is 0. The molecular weight excluding hydrogens is 454 g/mol. The van der Waals surface area contributed by atoms with Crippen molar-refractivity contribution in [3.63, 3.8) is 0 Å². The maximum Gasteiger partial charge on any atom is 0.251 e. The molecule has 1 aliphatic heterocycles. The maximum atomic E-state index is 13.4. The summed E-state index contributed by atoms with van der Waals surface area (Å²) in [5.41, 5.74) is 11.3. The Bertz CT molecular complexity index is 1630. The van der Waals surface area contributed by atoms with Gasteiger partial charge in [0, 0.05) is 31.7 Å². The summed E-state index contributed by atoms with van der Waals surface area (Å²) in [6.07, 6.45) is 2.90. The van der Waals surface area contributed by atoms with E-state index in [1.54, 1.807) is 0 Å². The van der Waals surface area contributed by atoms with Gasteiger partial charge in [-0.25, -0.2) is 0 Å². The molecule has 37 heavy (non-hydrogen) atoms. The molecule has 1 amide bonds. The second-order valence-corrected chi connectivity index (χ2v) is 10.1. The monoisotopic (exact) mass is 487 g/mol. The number of benzene rings is 5. The number of nitrogens with two attached hydrogens (primary N) is 1. The first-order valence-corrected chi connectivity index (χ1v) is 13.4. The van der Waals surface area contributed by atoms with Gasteiger partial charge in [-0.15, -0.1) is 0 Å². The van der Waals surface area contributed by atoms with E-state index in [1.165, 1.54) is 26.9 Å². The third-order valence-electron chi connectivity index (χ3n) is 7.77. The number of hydrogen-bond donors (Lipinski definition) is 2. The topological polar surface area (TPSA) is 58.4 Å². The number of hydrogen-bond acceptors (Lipinski definition) is 3. The number of piperazine rings is 1. The molecule has 1 fully saturated rings. The van der Waals surface area contributed by atoms with Crippen LogP contribution in [0.3, 0.4) is 0 Å². The second kappa shape index (κ2) is 9.87. The molecule has 1 aliphatic rings. The number of primary amides is 1. The van der Waals surface area contributed by atoms with Gasteiger partial charge in [0.2, 0.25) is 0 Å². The number of carbonyl (C=O) groups is 1. The van der Waals surface area contributed by atoms with Crippen LogP contribution >= 0.6 is 0 Å². The Morgan fingerprint density at radius 2 is 1.49 bits per heavy atom. The van der Waals surface area contributed by atoms with Crippen molar-refractivity contribution in [2.24, 2.45) is 5.73 Å². The minimum Gasteiger partial charge on any atom is -0.368 e. The highest BCUT2D eigenvalue weighted by Crippen LogP contribution is 2.46. The van der Waals surface area contributed by atoms with E-state index in [2.05, 4.69) is 96.0 Å². The fraction of sp³-hybridized carbons (Fsp3) is 0.242. The van der Waals surface area contributed by atoms with Crippen LogP contribution in [0.4, 0.5) is 5.69 Å². The summed E-state index contributed by atoms with van der Waals surface area (Å²) in [4.78, 5) is 15.8. The third kappa shape index (κ3) is 4.11. The van der Waals surface area contributed by atoms with E-state index >= 15 is 0 Å². The molecule has 3 N–H and O–H groups in total. The van der Waals surface area contributed by atoms with Gasteiger partial charge in [-0.3, -0.25) is 4.79 Å². The number of nitrogens with zero attached hydrogens (tertiary/aromatic N) is 1. The van der Waals surface area contributed by atoms with E-state index in [1.807, 2.05) is 0 Å². The molecule has 0 radical (unpaired) electrons. The van der Waals surface area contributed by atoms with Crippen molar-refractivity contribution in [3.8, 4) is 11.1 Å². The number of nitrogens with one attached hydrogen (secondary N) is 1. The lowest BCUT2D eigenvalue weighted by molar-refractivity contribution is 0.1000. The highest BCUT2D eigenvalue weighted by molar-refractivity contribution is 6.19. The Balaban J connectivity index is 1.83. The van der Waals surface area contributed by atoms with Gasteiger partial charge < -0.3 is 16.0 Å². The summed E-state index contributed by atoms with van der Waals surface area (Å²) in [6.45, 7) is 5.64. The Kier molecular flexibility index (Phi) is 6.27. The molecule has 5 aromatic carbocycles. The molecule has 6 rings (SSSR count). The van der Waals surface area contributed by atoms with Crippen LogP contribution in [0.15, 0.2) is 78.9 Å². The SMILES string of the molecule is CCCCc1c(C(N)=O)c(N2CCNCC2)c(-c2cccc3ccccc23)c2cc3ccccc3cc12. The van der Waals surface area contributed by atoms with Crippen LogP contribution in [0.1, 0.15) is 35.7 Å². The highest BCUT2D eigenvalue weighted by atomic mass is 16.1. The van der Waals surface area contributed by atoms with Crippen molar-refractivity contribution in [2.45, 2.75) is 26.2 Å². The third-order valence-corrected chi connectivity index (χ3v) is 7.77. The molecule has 0 aromatic heterocycles. The lowest BCUT2D eigenvalue weighted by Gasteiger charge is -2.34. The molecule has 0 bridgehead atoms. The molecule has 0 spiro atoms. The summed E-state index contributed by atoms with van der Waals surface area (Å²) in [5, 5.41) is 10.6. The quantitative estimate of drug-likeness (QED) is 0.263. The number of aryl methyl sites for hydroxylation is 1. The van der Waals surface area contributed by atoms with E-state index in [9.17, 15) is 4.79 Å². The van der Waals surface area contributed by atoms with Crippen LogP contribution in [-0.4, -0.2) is 32.1 Å². The lowest BCUT2D eigenvalue weighted by Crippen LogP contribution is -2.44. The molecule has 1 saturated heterocycles. The van der Waals surface area contributed by atoms with Crippen molar-refractivity contribution in [3.05, 3.63) is 90.0 Å². The van der Waals surface area contributed by atoms with Crippen LogP contribution in [0.25, 0.3) is 43.4 Å². The number of anilines is 1. The number of unbranched alkanes of at least 4 members (excludes halogenated alkanes) is 1.